The van der Waals surface area contributed by atoms with Crippen molar-refractivity contribution in [3.8, 4) is 0 Å². The lowest BCUT2D eigenvalue weighted by Gasteiger charge is -2.11. The van der Waals surface area contributed by atoms with Gasteiger partial charge in [-0.1, -0.05) is 18.2 Å². The zero-order chi connectivity index (χ0) is 12.9. The fraction of sp³-hybridized carbons (Fsp3) is 0.154. The molecule has 3 rings (SSSR count). The van der Waals surface area contributed by atoms with Crippen LogP contribution in [0.4, 0.5) is 13.2 Å². The number of pyridine rings is 1. The topological polar surface area (TPSA) is 28.7 Å². The Bertz CT molecular complexity index is 741. The number of hydrogen-bond donors (Lipinski definition) is 1. The van der Waals surface area contributed by atoms with E-state index >= 15 is 0 Å². The van der Waals surface area contributed by atoms with Gasteiger partial charge in [0.25, 0.3) is 0 Å². The van der Waals surface area contributed by atoms with E-state index in [1.54, 1.807) is 24.3 Å². The van der Waals surface area contributed by atoms with E-state index in [0.717, 1.165) is 0 Å². The van der Waals surface area contributed by atoms with E-state index in [9.17, 15) is 13.2 Å². The van der Waals surface area contributed by atoms with Crippen LogP contribution < -0.4 is 0 Å². The highest BCUT2D eigenvalue weighted by atomic mass is 19.4. The first-order chi connectivity index (χ1) is 8.48. The van der Waals surface area contributed by atoms with E-state index < -0.39 is 11.7 Å². The molecule has 0 saturated heterocycles. The number of hydrogen-bond acceptors (Lipinski definition) is 1. The van der Waals surface area contributed by atoms with Crippen LogP contribution in [0.1, 0.15) is 11.1 Å². The van der Waals surface area contributed by atoms with Gasteiger partial charge in [0.1, 0.15) is 5.65 Å². The molecule has 0 aliphatic rings. The first-order valence-electron chi connectivity index (χ1n) is 5.41. The van der Waals surface area contributed by atoms with Gasteiger partial charge in [-0.2, -0.15) is 13.2 Å². The lowest BCUT2D eigenvalue weighted by molar-refractivity contribution is -0.136. The summed E-state index contributed by atoms with van der Waals surface area (Å²) >= 11 is 0. The number of nitrogens with one attached hydrogen (secondary N) is 1. The Morgan fingerprint density at radius 3 is 2.61 bits per heavy atom. The van der Waals surface area contributed by atoms with E-state index in [0.29, 0.717) is 10.9 Å². The predicted octanol–water partition coefficient (Wildman–Crippen LogP) is 4.04. The minimum Gasteiger partial charge on any atom is -0.339 e. The maximum atomic E-state index is 13.1. The molecule has 3 aromatic rings. The van der Waals surface area contributed by atoms with Crippen molar-refractivity contribution in [2.24, 2.45) is 0 Å². The smallest absolute Gasteiger partial charge is 0.339 e. The Morgan fingerprint density at radius 1 is 1.17 bits per heavy atom. The zero-order valence-electron chi connectivity index (χ0n) is 9.47. The number of fused-ring (bicyclic) bond motifs is 3. The van der Waals surface area contributed by atoms with Crippen molar-refractivity contribution >= 4 is 21.9 Å². The van der Waals surface area contributed by atoms with Crippen LogP contribution in [-0.2, 0) is 6.18 Å². The summed E-state index contributed by atoms with van der Waals surface area (Å²) in [7, 11) is 0. The minimum atomic E-state index is -4.38. The number of aromatic amines is 1. The Morgan fingerprint density at radius 2 is 1.89 bits per heavy atom. The van der Waals surface area contributed by atoms with E-state index in [4.69, 9.17) is 0 Å². The number of alkyl halides is 3. The average Bonchev–Trinajstić information content (AvgIpc) is 2.66. The number of aromatic nitrogens is 2. The molecule has 92 valence electrons. The van der Waals surface area contributed by atoms with Gasteiger partial charge in [-0.15, -0.1) is 0 Å². The Kier molecular flexibility index (Phi) is 2.14. The molecule has 0 spiro atoms. The van der Waals surface area contributed by atoms with Crippen LogP contribution in [0.15, 0.2) is 30.5 Å². The third kappa shape index (κ3) is 1.47. The molecule has 1 aromatic carbocycles. The second-order valence-electron chi connectivity index (χ2n) is 4.21. The van der Waals surface area contributed by atoms with E-state index in [2.05, 4.69) is 9.97 Å². The van der Waals surface area contributed by atoms with Crippen molar-refractivity contribution in [1.29, 1.82) is 0 Å². The largest absolute Gasteiger partial charge is 0.417 e. The highest BCUT2D eigenvalue weighted by molar-refractivity contribution is 6.08. The quantitative estimate of drug-likeness (QED) is 0.640. The molecule has 0 aliphatic heterocycles. The van der Waals surface area contributed by atoms with Gasteiger partial charge in [0.05, 0.1) is 5.56 Å². The number of benzene rings is 1. The van der Waals surface area contributed by atoms with Gasteiger partial charge in [0.2, 0.25) is 0 Å². The SMILES string of the molecule is Cc1cnc2[nH]c3ccccc3c2c1C(F)(F)F. The van der Waals surface area contributed by atoms with Gasteiger partial charge in [0, 0.05) is 22.5 Å². The van der Waals surface area contributed by atoms with Gasteiger partial charge in [-0.25, -0.2) is 4.98 Å². The first kappa shape index (κ1) is 11.1. The van der Waals surface area contributed by atoms with Crippen LogP contribution in [0, 0.1) is 6.92 Å². The van der Waals surface area contributed by atoms with Gasteiger partial charge >= 0.3 is 6.18 Å². The number of halogens is 3. The molecule has 0 radical (unpaired) electrons. The third-order valence-electron chi connectivity index (χ3n) is 3.00. The molecule has 0 bridgehead atoms. The van der Waals surface area contributed by atoms with Crippen molar-refractivity contribution in [3.63, 3.8) is 0 Å². The van der Waals surface area contributed by atoms with Crippen LogP contribution in [-0.4, -0.2) is 9.97 Å². The van der Waals surface area contributed by atoms with Crippen molar-refractivity contribution in [2.75, 3.05) is 0 Å². The number of aryl methyl sites for hydroxylation is 1. The van der Waals surface area contributed by atoms with Gasteiger partial charge in [-0.3, -0.25) is 0 Å². The normalized spacial score (nSPS) is 12.4. The molecule has 18 heavy (non-hydrogen) atoms. The highest BCUT2D eigenvalue weighted by Crippen LogP contribution is 2.39. The summed E-state index contributed by atoms with van der Waals surface area (Å²) in [6, 6.07) is 6.91. The lowest BCUT2D eigenvalue weighted by atomic mass is 10.0. The predicted molar refractivity (Wildman–Crippen MR) is 63.3 cm³/mol. The van der Waals surface area contributed by atoms with Crippen molar-refractivity contribution in [2.45, 2.75) is 13.1 Å². The van der Waals surface area contributed by atoms with Crippen LogP contribution >= 0.6 is 0 Å². The van der Waals surface area contributed by atoms with Crippen molar-refractivity contribution in [3.05, 3.63) is 41.6 Å². The first-order valence-corrected chi connectivity index (χ1v) is 5.41. The second kappa shape index (κ2) is 3.48. The fourth-order valence-corrected chi connectivity index (χ4v) is 2.27. The molecular weight excluding hydrogens is 241 g/mol. The van der Waals surface area contributed by atoms with Crippen LogP contribution in [0.2, 0.25) is 0 Å². The maximum absolute atomic E-state index is 13.1. The van der Waals surface area contributed by atoms with E-state index in [1.807, 2.05) is 0 Å². The van der Waals surface area contributed by atoms with Crippen molar-refractivity contribution < 1.29 is 13.2 Å². The van der Waals surface area contributed by atoms with Crippen LogP contribution in [0.5, 0.6) is 0 Å². The molecule has 0 aliphatic carbocycles. The van der Waals surface area contributed by atoms with Crippen LogP contribution in [0.3, 0.4) is 0 Å². The lowest BCUT2D eigenvalue weighted by Crippen LogP contribution is -2.08. The molecule has 0 atom stereocenters. The van der Waals surface area contributed by atoms with E-state index in [1.165, 1.54) is 13.1 Å². The minimum absolute atomic E-state index is 0.139. The molecule has 0 fully saturated rings. The molecule has 0 amide bonds. The average molecular weight is 250 g/mol. The summed E-state index contributed by atoms with van der Waals surface area (Å²) < 4.78 is 39.4. The number of para-hydroxylation sites is 1. The van der Waals surface area contributed by atoms with Gasteiger partial charge in [0.15, 0.2) is 0 Å². The van der Waals surface area contributed by atoms with Gasteiger partial charge in [-0.05, 0) is 18.6 Å². The standard InChI is InChI=1S/C13H9F3N2/c1-7-6-17-12-10(11(7)13(14,15)16)8-4-2-3-5-9(8)18-12/h2-6H,1H3,(H,17,18). The summed E-state index contributed by atoms with van der Waals surface area (Å²) in [6.07, 6.45) is -3.13. The number of nitrogens with zero attached hydrogens (tertiary/aromatic N) is 1. The molecular formula is C13H9F3N2. The number of H-pyrrole nitrogens is 1. The summed E-state index contributed by atoms with van der Waals surface area (Å²) in [5.74, 6) is 0. The summed E-state index contributed by atoms with van der Waals surface area (Å²) in [5.41, 5.74) is 0.468. The molecule has 0 unspecified atom stereocenters. The van der Waals surface area contributed by atoms with Crippen molar-refractivity contribution in [1.82, 2.24) is 9.97 Å². The molecule has 2 aromatic heterocycles. The summed E-state index contributed by atoms with van der Waals surface area (Å²) in [4.78, 5) is 6.94. The highest BCUT2D eigenvalue weighted by Gasteiger charge is 2.35. The number of rotatable bonds is 0. The Balaban J connectivity index is 2.57. The van der Waals surface area contributed by atoms with Gasteiger partial charge < -0.3 is 4.98 Å². The zero-order valence-corrected chi connectivity index (χ0v) is 9.47. The molecule has 1 N–H and O–H groups in total. The van der Waals surface area contributed by atoms with Crippen LogP contribution in [0.25, 0.3) is 21.9 Å². The molecule has 2 heterocycles. The third-order valence-corrected chi connectivity index (χ3v) is 3.00. The molecule has 2 nitrogen and oxygen atoms in total. The molecule has 5 heteroatoms. The fourth-order valence-electron chi connectivity index (χ4n) is 2.27. The summed E-state index contributed by atoms with van der Waals surface area (Å²) in [6.45, 7) is 1.43. The Hall–Kier alpha value is -2.04. The van der Waals surface area contributed by atoms with E-state index in [-0.39, 0.29) is 16.6 Å². The second-order valence-corrected chi connectivity index (χ2v) is 4.21. The summed E-state index contributed by atoms with van der Waals surface area (Å²) in [5, 5.41) is 0.703. The molecule has 0 saturated carbocycles. The maximum Gasteiger partial charge on any atom is 0.417 e. The monoisotopic (exact) mass is 250 g/mol. The Labute approximate surface area is 100 Å².